The number of imidazole rings is 1. The van der Waals surface area contributed by atoms with E-state index in [1.807, 2.05) is 6.07 Å². The third kappa shape index (κ3) is 4.65. The van der Waals surface area contributed by atoms with Crippen LogP contribution in [0, 0.1) is 17.1 Å². The number of benzene rings is 2. The van der Waals surface area contributed by atoms with Crippen LogP contribution in [0.15, 0.2) is 55.0 Å². The van der Waals surface area contributed by atoms with Gasteiger partial charge in [0.1, 0.15) is 17.2 Å². The number of hydrogen-bond acceptors (Lipinski definition) is 5. The number of carbonyl (C=O) groups is 1. The monoisotopic (exact) mass is 460 g/mol. The highest BCUT2D eigenvalue weighted by Gasteiger charge is 2.45. The number of nitriles is 1. The summed E-state index contributed by atoms with van der Waals surface area (Å²) in [6, 6.07) is 9.91. The Balaban J connectivity index is 1.53. The molecule has 3 aromatic rings. The highest BCUT2D eigenvalue weighted by molar-refractivity contribution is 5.91. The van der Waals surface area contributed by atoms with Gasteiger partial charge >= 0.3 is 6.36 Å². The Morgan fingerprint density at radius 3 is 2.82 bits per heavy atom. The highest BCUT2D eigenvalue weighted by Crippen LogP contribution is 2.45. The van der Waals surface area contributed by atoms with E-state index in [1.54, 1.807) is 4.57 Å². The average Bonchev–Trinajstić information content (AvgIpc) is 3.30. The van der Waals surface area contributed by atoms with E-state index in [-0.39, 0.29) is 23.2 Å². The molecule has 0 radical (unpaired) electrons. The fraction of sp³-hybridized carbons (Fsp3) is 0.227. The second-order valence-corrected chi connectivity index (χ2v) is 7.59. The first-order chi connectivity index (χ1) is 15.6. The van der Waals surface area contributed by atoms with Gasteiger partial charge in [-0.3, -0.25) is 4.79 Å². The third-order valence-electron chi connectivity index (χ3n) is 5.30. The molecule has 2 atom stereocenters. The standard InChI is InChI=1S/C22H16F4N4O3/c23-17-6-13(10-27)4-5-16(17)18-8-21(32,19-11-28-12-30(18)19)9-20(31)29-14-2-1-3-15(7-14)33-22(24,25)26/h1-7,11-12,18,32H,8-9H2,(H,29,31)/t18-,21+/m1/s1. The van der Waals surface area contributed by atoms with Gasteiger partial charge in [0.05, 0.1) is 42.3 Å². The summed E-state index contributed by atoms with van der Waals surface area (Å²) in [6.45, 7) is 0. The lowest BCUT2D eigenvalue weighted by atomic mass is 9.90. The van der Waals surface area contributed by atoms with Crippen molar-refractivity contribution < 1.29 is 32.2 Å². The average molecular weight is 460 g/mol. The second kappa shape index (κ2) is 8.22. The van der Waals surface area contributed by atoms with Gasteiger partial charge < -0.3 is 19.7 Å². The van der Waals surface area contributed by atoms with Crippen molar-refractivity contribution in [2.24, 2.45) is 0 Å². The molecule has 4 rings (SSSR count). The summed E-state index contributed by atoms with van der Waals surface area (Å²) < 4.78 is 57.3. The number of hydrogen-bond donors (Lipinski definition) is 2. The molecular weight excluding hydrogens is 444 g/mol. The van der Waals surface area contributed by atoms with Gasteiger partial charge in [0.2, 0.25) is 5.91 Å². The largest absolute Gasteiger partial charge is 0.573 e. The van der Waals surface area contributed by atoms with E-state index in [9.17, 15) is 27.5 Å². The number of rotatable bonds is 5. The molecule has 33 heavy (non-hydrogen) atoms. The predicted octanol–water partition coefficient (Wildman–Crippen LogP) is 4.00. The van der Waals surface area contributed by atoms with E-state index >= 15 is 0 Å². The van der Waals surface area contributed by atoms with Gasteiger partial charge in [-0.15, -0.1) is 13.2 Å². The van der Waals surface area contributed by atoms with Crippen LogP contribution in [0.2, 0.25) is 0 Å². The molecule has 1 amide bonds. The summed E-state index contributed by atoms with van der Waals surface area (Å²) in [7, 11) is 0. The van der Waals surface area contributed by atoms with Crippen LogP contribution in [-0.4, -0.2) is 26.9 Å². The first-order valence-corrected chi connectivity index (χ1v) is 9.68. The molecule has 0 unspecified atom stereocenters. The Morgan fingerprint density at radius 1 is 1.33 bits per heavy atom. The van der Waals surface area contributed by atoms with E-state index < -0.39 is 41.9 Å². The smallest absolute Gasteiger partial charge is 0.406 e. The fourth-order valence-electron chi connectivity index (χ4n) is 3.97. The Kier molecular flexibility index (Phi) is 5.55. The molecule has 2 N–H and O–H groups in total. The second-order valence-electron chi connectivity index (χ2n) is 7.59. The topological polar surface area (TPSA) is 100 Å². The molecule has 2 aromatic carbocycles. The zero-order chi connectivity index (χ0) is 23.8. The minimum absolute atomic E-state index is 0.0433. The molecule has 7 nitrogen and oxygen atoms in total. The predicted molar refractivity (Wildman–Crippen MR) is 106 cm³/mol. The van der Waals surface area contributed by atoms with Crippen molar-refractivity contribution >= 4 is 11.6 Å². The maximum Gasteiger partial charge on any atom is 0.573 e. The van der Waals surface area contributed by atoms with E-state index in [2.05, 4.69) is 15.0 Å². The fourth-order valence-corrected chi connectivity index (χ4v) is 3.97. The number of ether oxygens (including phenoxy) is 1. The number of fused-ring (bicyclic) bond motifs is 1. The van der Waals surface area contributed by atoms with Crippen LogP contribution in [0.4, 0.5) is 23.2 Å². The minimum atomic E-state index is -4.88. The summed E-state index contributed by atoms with van der Waals surface area (Å²) in [6.07, 6.45) is -2.59. The number of halogens is 4. The van der Waals surface area contributed by atoms with E-state index in [4.69, 9.17) is 5.26 Å². The molecule has 1 aromatic heterocycles. The zero-order valence-corrected chi connectivity index (χ0v) is 16.8. The molecule has 0 fully saturated rings. The Bertz CT molecular complexity index is 1250. The van der Waals surface area contributed by atoms with Crippen molar-refractivity contribution in [1.82, 2.24) is 9.55 Å². The molecule has 11 heteroatoms. The maximum absolute atomic E-state index is 14.6. The van der Waals surface area contributed by atoms with Gasteiger partial charge in [-0.1, -0.05) is 12.1 Å². The normalized spacial score (nSPS) is 19.6. The van der Waals surface area contributed by atoms with Gasteiger partial charge in [-0.2, -0.15) is 5.26 Å². The molecule has 0 saturated carbocycles. The van der Waals surface area contributed by atoms with Crippen molar-refractivity contribution in [2.75, 3.05) is 5.32 Å². The molecule has 0 spiro atoms. The number of amides is 1. The number of aromatic nitrogens is 2. The summed E-state index contributed by atoms with van der Waals surface area (Å²) in [5, 5.41) is 22.6. The maximum atomic E-state index is 14.6. The first kappa shape index (κ1) is 22.3. The van der Waals surface area contributed by atoms with Crippen LogP contribution in [0.3, 0.4) is 0 Å². The van der Waals surface area contributed by atoms with Crippen LogP contribution in [0.5, 0.6) is 5.75 Å². The molecule has 0 saturated heterocycles. The number of nitrogens with zero attached hydrogens (tertiary/aromatic N) is 3. The number of alkyl halides is 3. The van der Waals surface area contributed by atoms with Gasteiger partial charge in [0.25, 0.3) is 0 Å². The molecular formula is C22H16F4N4O3. The molecule has 1 aliphatic heterocycles. The highest BCUT2D eigenvalue weighted by atomic mass is 19.4. The molecule has 0 aliphatic carbocycles. The van der Waals surface area contributed by atoms with Crippen LogP contribution in [0.1, 0.15) is 35.7 Å². The summed E-state index contributed by atoms with van der Waals surface area (Å²) in [4.78, 5) is 16.6. The summed E-state index contributed by atoms with van der Waals surface area (Å²) >= 11 is 0. The van der Waals surface area contributed by atoms with Gasteiger partial charge in [-0.25, -0.2) is 9.37 Å². The van der Waals surface area contributed by atoms with Crippen molar-refractivity contribution in [2.45, 2.75) is 30.8 Å². The van der Waals surface area contributed by atoms with Crippen LogP contribution >= 0.6 is 0 Å². The minimum Gasteiger partial charge on any atom is -0.406 e. The Labute approximate surface area is 184 Å². The summed E-state index contributed by atoms with van der Waals surface area (Å²) in [5.74, 6) is -1.81. The van der Waals surface area contributed by atoms with Gasteiger partial charge in [-0.05, 0) is 24.3 Å². The van der Waals surface area contributed by atoms with E-state index in [0.29, 0.717) is 5.69 Å². The Hall–Kier alpha value is -3.91. The zero-order valence-electron chi connectivity index (χ0n) is 16.8. The summed E-state index contributed by atoms with van der Waals surface area (Å²) in [5.41, 5.74) is -0.994. The van der Waals surface area contributed by atoms with E-state index in [0.717, 1.165) is 18.2 Å². The quantitative estimate of drug-likeness (QED) is 0.561. The molecule has 1 aliphatic rings. The van der Waals surface area contributed by atoms with Crippen molar-refractivity contribution in [3.8, 4) is 11.8 Å². The van der Waals surface area contributed by atoms with Gasteiger partial charge in [0, 0.05) is 23.7 Å². The SMILES string of the molecule is N#Cc1ccc([C@H]2C[C@](O)(CC(=O)Nc3cccc(OC(F)(F)F)c3)c3cncn32)c(F)c1. The number of carbonyl (C=O) groups excluding carboxylic acids is 1. The first-order valence-electron chi connectivity index (χ1n) is 9.68. The lowest BCUT2D eigenvalue weighted by Crippen LogP contribution is -2.29. The molecule has 0 bridgehead atoms. The lowest BCUT2D eigenvalue weighted by Gasteiger charge is -2.22. The van der Waals surface area contributed by atoms with Crippen molar-refractivity contribution in [3.63, 3.8) is 0 Å². The lowest BCUT2D eigenvalue weighted by molar-refractivity contribution is -0.274. The van der Waals surface area contributed by atoms with Crippen LogP contribution < -0.4 is 10.1 Å². The van der Waals surface area contributed by atoms with Crippen molar-refractivity contribution in [3.05, 3.63) is 77.6 Å². The van der Waals surface area contributed by atoms with Crippen LogP contribution in [-0.2, 0) is 10.4 Å². The van der Waals surface area contributed by atoms with Gasteiger partial charge in [0.15, 0.2) is 0 Å². The number of anilines is 1. The van der Waals surface area contributed by atoms with Crippen molar-refractivity contribution in [1.29, 1.82) is 5.26 Å². The number of aliphatic hydroxyl groups is 1. The van der Waals surface area contributed by atoms with E-state index in [1.165, 1.54) is 36.8 Å². The molecule has 170 valence electrons. The third-order valence-corrected chi connectivity index (χ3v) is 5.30. The number of nitrogens with one attached hydrogen (secondary N) is 1. The Morgan fingerprint density at radius 2 is 2.12 bits per heavy atom. The molecule has 2 heterocycles. The van der Waals surface area contributed by atoms with Crippen LogP contribution in [0.25, 0.3) is 0 Å².